The second kappa shape index (κ2) is 7.25. The smallest absolute Gasteiger partial charge is 0.378 e. The Morgan fingerprint density at radius 2 is 1.67 bits per heavy atom. The molecule has 0 aromatic heterocycles. The highest BCUT2D eigenvalue weighted by Gasteiger charge is 2.33. The topological polar surface area (TPSA) is 44.4 Å². The predicted octanol–water partition coefficient (Wildman–Crippen LogP) is 3.82. The van der Waals surface area contributed by atoms with E-state index in [-0.39, 0.29) is 12.2 Å². The van der Waals surface area contributed by atoms with E-state index in [1.165, 1.54) is 18.2 Å². The SMILES string of the molecule is CN(C)c1ccc(NCC(=O)Nc2ccccc2C(F)(F)F)cc1. The number of anilines is 3. The maximum absolute atomic E-state index is 12.9. The summed E-state index contributed by atoms with van der Waals surface area (Å²) in [7, 11) is 3.82. The largest absolute Gasteiger partial charge is 0.418 e. The number of para-hydroxylation sites is 1. The number of carbonyl (C=O) groups excluding carboxylic acids is 1. The second-order valence-corrected chi connectivity index (χ2v) is 5.39. The minimum absolute atomic E-state index is 0.131. The summed E-state index contributed by atoms with van der Waals surface area (Å²) in [5, 5.41) is 5.16. The van der Waals surface area contributed by atoms with Crippen LogP contribution in [0.5, 0.6) is 0 Å². The van der Waals surface area contributed by atoms with Gasteiger partial charge in [0.2, 0.25) is 5.91 Å². The molecule has 2 aromatic rings. The van der Waals surface area contributed by atoms with E-state index in [0.717, 1.165) is 11.8 Å². The minimum Gasteiger partial charge on any atom is -0.378 e. The lowest BCUT2D eigenvalue weighted by molar-refractivity contribution is -0.137. The summed E-state index contributed by atoms with van der Waals surface area (Å²) >= 11 is 0. The third-order valence-corrected chi connectivity index (χ3v) is 3.34. The standard InChI is InChI=1S/C17H18F3N3O/c1-23(2)13-9-7-12(8-10-13)21-11-16(24)22-15-6-4-3-5-14(15)17(18,19)20/h3-10,21H,11H2,1-2H3,(H,22,24). The molecule has 2 N–H and O–H groups in total. The van der Waals surface area contributed by atoms with Gasteiger partial charge in [0.05, 0.1) is 17.8 Å². The van der Waals surface area contributed by atoms with E-state index in [1.54, 1.807) is 12.1 Å². The first-order valence-electron chi connectivity index (χ1n) is 7.24. The summed E-state index contributed by atoms with van der Waals surface area (Å²) in [6, 6.07) is 12.2. The number of carbonyl (C=O) groups is 1. The van der Waals surface area contributed by atoms with E-state index >= 15 is 0 Å². The molecule has 2 rings (SSSR count). The van der Waals surface area contributed by atoms with Crippen molar-refractivity contribution in [2.75, 3.05) is 36.2 Å². The summed E-state index contributed by atoms with van der Waals surface area (Å²) < 4.78 is 38.6. The molecule has 4 nitrogen and oxygen atoms in total. The first-order chi connectivity index (χ1) is 11.3. The molecule has 0 heterocycles. The maximum atomic E-state index is 12.9. The van der Waals surface area contributed by atoms with Gasteiger partial charge >= 0.3 is 6.18 Å². The Morgan fingerprint density at radius 1 is 1.04 bits per heavy atom. The molecule has 0 spiro atoms. The summed E-state index contributed by atoms with van der Waals surface area (Å²) in [4.78, 5) is 13.8. The molecule has 0 radical (unpaired) electrons. The van der Waals surface area contributed by atoms with Gasteiger partial charge in [0.15, 0.2) is 0 Å². The molecule has 1 amide bonds. The van der Waals surface area contributed by atoms with Crippen LogP contribution < -0.4 is 15.5 Å². The van der Waals surface area contributed by atoms with Gasteiger partial charge < -0.3 is 15.5 Å². The monoisotopic (exact) mass is 337 g/mol. The number of halogens is 3. The Bertz CT molecular complexity index is 697. The minimum atomic E-state index is -4.51. The lowest BCUT2D eigenvalue weighted by Crippen LogP contribution is -2.23. The average molecular weight is 337 g/mol. The van der Waals surface area contributed by atoms with Gasteiger partial charge in [0.1, 0.15) is 0 Å². The molecule has 2 aromatic carbocycles. The third kappa shape index (κ3) is 4.65. The molecule has 0 bridgehead atoms. The molecule has 0 saturated heterocycles. The third-order valence-electron chi connectivity index (χ3n) is 3.34. The first-order valence-corrected chi connectivity index (χ1v) is 7.24. The van der Waals surface area contributed by atoms with Crippen LogP contribution in [0.25, 0.3) is 0 Å². The first kappa shape index (κ1) is 17.7. The molecule has 0 aliphatic carbocycles. The van der Waals surface area contributed by atoms with Crippen LogP contribution in [0.15, 0.2) is 48.5 Å². The summed E-state index contributed by atoms with van der Waals surface area (Å²) in [5.74, 6) is -0.552. The number of rotatable bonds is 5. The molecule has 0 aliphatic rings. The molecule has 0 saturated carbocycles. The summed E-state index contributed by atoms with van der Waals surface area (Å²) in [5.41, 5.74) is 0.595. The molecule has 128 valence electrons. The highest BCUT2D eigenvalue weighted by atomic mass is 19.4. The van der Waals surface area contributed by atoms with Crippen molar-refractivity contribution in [3.8, 4) is 0 Å². The van der Waals surface area contributed by atoms with Crippen molar-refractivity contribution in [2.24, 2.45) is 0 Å². The van der Waals surface area contributed by atoms with Crippen molar-refractivity contribution in [3.05, 3.63) is 54.1 Å². The van der Waals surface area contributed by atoms with Gasteiger partial charge in [-0.15, -0.1) is 0 Å². The van der Waals surface area contributed by atoms with Gasteiger partial charge in [0, 0.05) is 25.5 Å². The predicted molar refractivity (Wildman–Crippen MR) is 89.3 cm³/mol. The van der Waals surface area contributed by atoms with E-state index in [2.05, 4.69) is 10.6 Å². The van der Waals surface area contributed by atoms with E-state index in [9.17, 15) is 18.0 Å². The number of hydrogen-bond acceptors (Lipinski definition) is 3. The van der Waals surface area contributed by atoms with Crippen LogP contribution in [0.3, 0.4) is 0 Å². The molecule has 7 heteroatoms. The van der Waals surface area contributed by atoms with Crippen molar-refractivity contribution < 1.29 is 18.0 Å². The van der Waals surface area contributed by atoms with E-state index in [0.29, 0.717) is 5.69 Å². The number of amides is 1. The van der Waals surface area contributed by atoms with E-state index in [1.807, 2.05) is 31.1 Å². The molecule has 0 unspecified atom stereocenters. The number of benzene rings is 2. The molecular formula is C17H18F3N3O. The molecule has 0 fully saturated rings. The molecule has 0 atom stereocenters. The quantitative estimate of drug-likeness (QED) is 0.872. The van der Waals surface area contributed by atoms with Crippen molar-refractivity contribution >= 4 is 23.0 Å². The Hall–Kier alpha value is -2.70. The zero-order valence-corrected chi connectivity index (χ0v) is 13.3. The van der Waals surface area contributed by atoms with Gasteiger partial charge in [-0.3, -0.25) is 4.79 Å². The average Bonchev–Trinajstić information content (AvgIpc) is 2.53. The Balaban J connectivity index is 1.97. The van der Waals surface area contributed by atoms with Crippen molar-refractivity contribution in [1.82, 2.24) is 0 Å². The Labute approximate surface area is 138 Å². The molecule has 24 heavy (non-hydrogen) atoms. The van der Waals surface area contributed by atoms with Crippen LogP contribution in [0.1, 0.15) is 5.56 Å². The molecule has 0 aliphatic heterocycles. The van der Waals surface area contributed by atoms with Crippen LogP contribution in [0.4, 0.5) is 30.2 Å². The lowest BCUT2D eigenvalue weighted by Gasteiger charge is -2.15. The second-order valence-electron chi connectivity index (χ2n) is 5.39. The van der Waals surface area contributed by atoms with Gasteiger partial charge in [-0.1, -0.05) is 12.1 Å². The van der Waals surface area contributed by atoms with Crippen LogP contribution in [0, 0.1) is 0 Å². The van der Waals surface area contributed by atoms with Crippen LogP contribution >= 0.6 is 0 Å². The zero-order chi connectivity index (χ0) is 17.7. The number of alkyl halides is 3. The number of nitrogens with one attached hydrogen (secondary N) is 2. The molecular weight excluding hydrogens is 319 g/mol. The number of nitrogens with zero attached hydrogens (tertiary/aromatic N) is 1. The van der Waals surface area contributed by atoms with Crippen LogP contribution in [-0.4, -0.2) is 26.5 Å². The Morgan fingerprint density at radius 3 is 2.25 bits per heavy atom. The lowest BCUT2D eigenvalue weighted by atomic mass is 10.1. The summed E-state index contributed by atoms with van der Waals surface area (Å²) in [6.07, 6.45) is -4.51. The Kier molecular flexibility index (Phi) is 5.33. The van der Waals surface area contributed by atoms with E-state index in [4.69, 9.17) is 0 Å². The van der Waals surface area contributed by atoms with Crippen molar-refractivity contribution in [2.45, 2.75) is 6.18 Å². The van der Waals surface area contributed by atoms with Gasteiger partial charge in [-0.25, -0.2) is 0 Å². The normalized spacial score (nSPS) is 11.0. The summed E-state index contributed by atoms with van der Waals surface area (Å²) in [6.45, 7) is -0.131. The van der Waals surface area contributed by atoms with Crippen molar-refractivity contribution in [3.63, 3.8) is 0 Å². The zero-order valence-electron chi connectivity index (χ0n) is 13.3. The van der Waals surface area contributed by atoms with Gasteiger partial charge in [-0.05, 0) is 36.4 Å². The van der Waals surface area contributed by atoms with Crippen LogP contribution in [0.2, 0.25) is 0 Å². The highest BCUT2D eigenvalue weighted by molar-refractivity contribution is 5.94. The maximum Gasteiger partial charge on any atom is 0.418 e. The van der Waals surface area contributed by atoms with Gasteiger partial charge in [0.25, 0.3) is 0 Å². The van der Waals surface area contributed by atoms with Gasteiger partial charge in [-0.2, -0.15) is 13.2 Å². The fraction of sp³-hybridized carbons (Fsp3) is 0.235. The fourth-order valence-electron chi connectivity index (χ4n) is 2.09. The van der Waals surface area contributed by atoms with Crippen LogP contribution in [-0.2, 0) is 11.0 Å². The number of hydrogen-bond donors (Lipinski definition) is 2. The van der Waals surface area contributed by atoms with Crippen molar-refractivity contribution in [1.29, 1.82) is 0 Å². The fourth-order valence-corrected chi connectivity index (χ4v) is 2.09. The van der Waals surface area contributed by atoms with E-state index < -0.39 is 17.6 Å². The highest BCUT2D eigenvalue weighted by Crippen LogP contribution is 2.34.